The zero-order valence-corrected chi connectivity index (χ0v) is 13.1. The first-order valence-corrected chi connectivity index (χ1v) is 7.00. The van der Waals surface area contributed by atoms with Crippen LogP contribution in [0.15, 0.2) is 12.1 Å². The first-order chi connectivity index (χ1) is 9.31. The van der Waals surface area contributed by atoms with Gasteiger partial charge in [-0.2, -0.15) is 0 Å². The van der Waals surface area contributed by atoms with Crippen molar-refractivity contribution in [2.45, 2.75) is 40.5 Å². The van der Waals surface area contributed by atoms with Crippen LogP contribution in [-0.2, 0) is 0 Å². The Morgan fingerprint density at radius 2 is 1.75 bits per heavy atom. The third-order valence-corrected chi connectivity index (χ3v) is 3.66. The number of benzene rings is 1. The SMILES string of the molecule is Cc1cc(C)c(-c2nc(C(C)C)nc(Cl)c2C)c(F)c1. The Hall–Kier alpha value is -1.48. The summed E-state index contributed by atoms with van der Waals surface area (Å²) in [5.41, 5.74) is 3.56. The van der Waals surface area contributed by atoms with Gasteiger partial charge >= 0.3 is 0 Å². The van der Waals surface area contributed by atoms with E-state index in [1.54, 1.807) is 0 Å². The molecule has 0 aliphatic carbocycles. The van der Waals surface area contributed by atoms with E-state index in [0.29, 0.717) is 27.8 Å². The average molecular weight is 293 g/mol. The van der Waals surface area contributed by atoms with Crippen LogP contribution in [0.3, 0.4) is 0 Å². The number of halogens is 2. The summed E-state index contributed by atoms with van der Waals surface area (Å²) >= 11 is 6.18. The average Bonchev–Trinajstić information content (AvgIpc) is 2.32. The van der Waals surface area contributed by atoms with E-state index in [4.69, 9.17) is 11.6 Å². The molecule has 4 heteroatoms. The fourth-order valence-corrected chi connectivity index (χ4v) is 2.40. The predicted molar refractivity (Wildman–Crippen MR) is 80.7 cm³/mol. The summed E-state index contributed by atoms with van der Waals surface area (Å²) in [7, 11) is 0. The van der Waals surface area contributed by atoms with Gasteiger partial charge in [-0.05, 0) is 38.0 Å². The zero-order valence-electron chi connectivity index (χ0n) is 12.4. The van der Waals surface area contributed by atoms with Crippen LogP contribution in [-0.4, -0.2) is 9.97 Å². The number of aryl methyl sites for hydroxylation is 2. The van der Waals surface area contributed by atoms with Crippen molar-refractivity contribution in [1.29, 1.82) is 0 Å². The van der Waals surface area contributed by atoms with Crippen LogP contribution in [0.4, 0.5) is 4.39 Å². The second-order valence-electron chi connectivity index (χ2n) is 5.44. The third-order valence-electron chi connectivity index (χ3n) is 3.29. The normalized spacial score (nSPS) is 11.2. The number of hydrogen-bond acceptors (Lipinski definition) is 2. The van der Waals surface area contributed by atoms with Gasteiger partial charge in [0, 0.05) is 17.0 Å². The number of nitrogens with zero attached hydrogens (tertiary/aromatic N) is 2. The minimum Gasteiger partial charge on any atom is -0.232 e. The highest BCUT2D eigenvalue weighted by Crippen LogP contribution is 2.32. The molecular weight excluding hydrogens is 275 g/mol. The Bertz CT molecular complexity index is 643. The van der Waals surface area contributed by atoms with Crippen LogP contribution in [0.2, 0.25) is 5.15 Å². The highest BCUT2D eigenvalue weighted by Gasteiger charge is 2.18. The lowest BCUT2D eigenvalue weighted by molar-refractivity contribution is 0.627. The molecule has 2 aromatic rings. The van der Waals surface area contributed by atoms with Gasteiger partial charge in [0.1, 0.15) is 16.8 Å². The Labute approximate surface area is 124 Å². The van der Waals surface area contributed by atoms with Crippen LogP contribution < -0.4 is 0 Å². The van der Waals surface area contributed by atoms with Crippen molar-refractivity contribution in [2.24, 2.45) is 0 Å². The maximum Gasteiger partial charge on any atom is 0.136 e. The van der Waals surface area contributed by atoms with Gasteiger partial charge in [0.25, 0.3) is 0 Å². The van der Waals surface area contributed by atoms with Crippen LogP contribution in [0.1, 0.15) is 42.3 Å². The smallest absolute Gasteiger partial charge is 0.136 e. The van der Waals surface area contributed by atoms with Gasteiger partial charge in [-0.1, -0.05) is 31.5 Å². The second kappa shape index (κ2) is 5.49. The van der Waals surface area contributed by atoms with Gasteiger partial charge in [0.2, 0.25) is 0 Å². The van der Waals surface area contributed by atoms with Crippen LogP contribution in [0.25, 0.3) is 11.3 Å². The molecule has 2 nitrogen and oxygen atoms in total. The van der Waals surface area contributed by atoms with E-state index in [2.05, 4.69) is 9.97 Å². The molecule has 0 bridgehead atoms. The standard InChI is InChI=1S/C16H18ClFN2/c1-8(2)16-19-14(11(5)15(17)20-16)13-10(4)6-9(3)7-12(13)18/h6-8H,1-5H3. The van der Waals surface area contributed by atoms with Gasteiger partial charge in [0.05, 0.1) is 5.69 Å². The summed E-state index contributed by atoms with van der Waals surface area (Å²) in [4.78, 5) is 8.79. The molecule has 1 aromatic carbocycles. The first-order valence-electron chi connectivity index (χ1n) is 6.62. The van der Waals surface area contributed by atoms with Crippen molar-refractivity contribution in [3.05, 3.63) is 45.6 Å². The second-order valence-corrected chi connectivity index (χ2v) is 5.80. The van der Waals surface area contributed by atoms with Crippen molar-refractivity contribution in [3.8, 4) is 11.3 Å². The van der Waals surface area contributed by atoms with Gasteiger partial charge < -0.3 is 0 Å². The quantitative estimate of drug-likeness (QED) is 0.729. The minimum atomic E-state index is -0.268. The molecule has 0 amide bonds. The van der Waals surface area contributed by atoms with Crippen molar-refractivity contribution in [1.82, 2.24) is 9.97 Å². The van der Waals surface area contributed by atoms with E-state index >= 15 is 0 Å². The Balaban J connectivity index is 2.76. The fraction of sp³-hybridized carbons (Fsp3) is 0.375. The topological polar surface area (TPSA) is 25.8 Å². The summed E-state index contributed by atoms with van der Waals surface area (Å²) in [5, 5.41) is 0.387. The molecule has 106 valence electrons. The lowest BCUT2D eigenvalue weighted by Crippen LogP contribution is -2.04. The van der Waals surface area contributed by atoms with E-state index in [-0.39, 0.29) is 11.7 Å². The monoisotopic (exact) mass is 292 g/mol. The molecule has 1 heterocycles. The molecule has 1 aromatic heterocycles. The molecular formula is C16H18ClFN2. The maximum absolute atomic E-state index is 14.3. The summed E-state index contributed by atoms with van der Waals surface area (Å²) in [5.74, 6) is 0.505. The number of hydrogen-bond donors (Lipinski definition) is 0. The van der Waals surface area contributed by atoms with E-state index in [0.717, 1.165) is 11.1 Å². The zero-order chi connectivity index (χ0) is 15.0. The van der Waals surface area contributed by atoms with Gasteiger partial charge in [-0.3, -0.25) is 0 Å². The lowest BCUT2D eigenvalue weighted by atomic mass is 9.99. The molecule has 0 saturated heterocycles. The summed E-state index contributed by atoms with van der Waals surface area (Å²) < 4.78 is 14.3. The molecule has 2 rings (SSSR count). The largest absolute Gasteiger partial charge is 0.232 e. The molecule has 0 N–H and O–H groups in total. The maximum atomic E-state index is 14.3. The Morgan fingerprint density at radius 3 is 2.30 bits per heavy atom. The van der Waals surface area contributed by atoms with E-state index in [9.17, 15) is 4.39 Å². The third kappa shape index (κ3) is 2.68. The Kier molecular flexibility index (Phi) is 4.09. The molecule has 0 atom stereocenters. The first kappa shape index (κ1) is 14.9. The highest BCUT2D eigenvalue weighted by atomic mass is 35.5. The summed E-state index contributed by atoms with van der Waals surface area (Å²) in [6.07, 6.45) is 0. The van der Waals surface area contributed by atoms with E-state index in [1.807, 2.05) is 40.7 Å². The van der Waals surface area contributed by atoms with E-state index in [1.165, 1.54) is 6.07 Å². The van der Waals surface area contributed by atoms with Crippen LogP contribution in [0, 0.1) is 26.6 Å². The summed E-state index contributed by atoms with van der Waals surface area (Å²) in [6, 6.07) is 3.47. The molecule has 0 aliphatic heterocycles. The van der Waals surface area contributed by atoms with Crippen molar-refractivity contribution in [2.75, 3.05) is 0 Å². The van der Waals surface area contributed by atoms with Gasteiger partial charge in [0.15, 0.2) is 0 Å². The van der Waals surface area contributed by atoms with Crippen LogP contribution in [0.5, 0.6) is 0 Å². The van der Waals surface area contributed by atoms with Crippen molar-refractivity contribution < 1.29 is 4.39 Å². The molecule has 0 fully saturated rings. The number of aromatic nitrogens is 2. The predicted octanol–water partition coefficient (Wildman–Crippen LogP) is 4.98. The molecule has 0 unspecified atom stereocenters. The van der Waals surface area contributed by atoms with E-state index < -0.39 is 0 Å². The molecule has 0 spiro atoms. The molecule has 0 aliphatic rings. The molecule has 0 saturated carbocycles. The summed E-state index contributed by atoms with van der Waals surface area (Å²) in [6.45, 7) is 9.56. The van der Waals surface area contributed by atoms with Gasteiger partial charge in [-0.25, -0.2) is 14.4 Å². The fourth-order valence-electron chi connectivity index (χ4n) is 2.22. The minimum absolute atomic E-state index is 0.140. The van der Waals surface area contributed by atoms with Gasteiger partial charge in [-0.15, -0.1) is 0 Å². The molecule has 0 radical (unpaired) electrons. The van der Waals surface area contributed by atoms with Crippen LogP contribution >= 0.6 is 11.6 Å². The highest BCUT2D eigenvalue weighted by molar-refractivity contribution is 6.30. The lowest BCUT2D eigenvalue weighted by Gasteiger charge is -2.14. The Morgan fingerprint density at radius 1 is 1.10 bits per heavy atom. The molecule has 20 heavy (non-hydrogen) atoms. The number of rotatable bonds is 2. The van der Waals surface area contributed by atoms with Crippen molar-refractivity contribution >= 4 is 11.6 Å². The van der Waals surface area contributed by atoms with Crippen molar-refractivity contribution in [3.63, 3.8) is 0 Å².